The van der Waals surface area contributed by atoms with E-state index in [-0.39, 0.29) is 0 Å². The van der Waals surface area contributed by atoms with Gasteiger partial charge in [-0.15, -0.1) is 0 Å². The Morgan fingerprint density at radius 3 is 2.82 bits per heavy atom. The quantitative estimate of drug-likeness (QED) is 0.909. The third-order valence-corrected chi connectivity index (χ3v) is 3.58. The Labute approximate surface area is 108 Å². The number of benzene rings is 1. The first-order valence-corrected chi connectivity index (χ1v) is 6.18. The zero-order valence-electron chi connectivity index (χ0n) is 9.75. The molecule has 2 N–H and O–H groups in total. The predicted octanol–water partition coefficient (Wildman–Crippen LogP) is 3.58. The maximum absolute atomic E-state index is 11.1. The van der Waals surface area contributed by atoms with E-state index in [1.165, 1.54) is 0 Å². The molecule has 0 spiro atoms. The summed E-state index contributed by atoms with van der Waals surface area (Å²) in [6, 6.07) is 5.98. The number of carboxylic acid groups (broad SMARTS) is 1. The number of hydrogen-bond acceptors (Lipinski definition) is 1. The third kappa shape index (κ3) is 2.36. The van der Waals surface area contributed by atoms with Crippen LogP contribution in [0.2, 0.25) is 0 Å². The van der Waals surface area contributed by atoms with Crippen LogP contribution in [0.3, 0.4) is 0 Å². The molecule has 0 amide bonds. The molecule has 17 heavy (non-hydrogen) atoms. The molecular weight excluding hydrogens is 282 g/mol. The van der Waals surface area contributed by atoms with Crippen LogP contribution in [0.25, 0.3) is 10.9 Å². The Hall–Kier alpha value is -1.29. The van der Waals surface area contributed by atoms with E-state index in [9.17, 15) is 4.79 Å². The van der Waals surface area contributed by atoms with E-state index in [0.29, 0.717) is 6.42 Å². The molecule has 1 aromatic heterocycles. The van der Waals surface area contributed by atoms with Crippen molar-refractivity contribution >= 4 is 32.8 Å². The zero-order valence-corrected chi connectivity index (χ0v) is 11.3. The highest BCUT2D eigenvalue weighted by Crippen LogP contribution is 2.28. The Kier molecular flexibility index (Phi) is 3.00. The van der Waals surface area contributed by atoms with Crippen LogP contribution in [0, 0.1) is 5.41 Å². The van der Waals surface area contributed by atoms with Crippen LogP contribution >= 0.6 is 15.9 Å². The van der Waals surface area contributed by atoms with Crippen LogP contribution in [-0.4, -0.2) is 16.1 Å². The summed E-state index contributed by atoms with van der Waals surface area (Å²) in [5.41, 5.74) is 1.34. The van der Waals surface area contributed by atoms with Crippen molar-refractivity contribution in [1.82, 2.24) is 4.98 Å². The lowest BCUT2D eigenvalue weighted by Crippen LogP contribution is -2.26. The molecular formula is C13H14BrNO2. The van der Waals surface area contributed by atoms with Gasteiger partial charge in [0.05, 0.1) is 5.41 Å². The number of nitrogens with one attached hydrogen (secondary N) is 1. The molecule has 0 aliphatic carbocycles. The van der Waals surface area contributed by atoms with Crippen LogP contribution < -0.4 is 0 Å². The Bertz CT molecular complexity index is 572. The molecule has 3 nitrogen and oxygen atoms in total. The first kappa shape index (κ1) is 12.2. The van der Waals surface area contributed by atoms with E-state index < -0.39 is 11.4 Å². The summed E-state index contributed by atoms with van der Waals surface area (Å²) in [6.45, 7) is 3.48. The van der Waals surface area contributed by atoms with Crippen LogP contribution in [0.5, 0.6) is 0 Å². The standard InChI is InChI=1S/C13H14BrNO2/c1-13(2,12(16)17)6-8-3-4-11-9(5-8)10(14)7-15-11/h3-5,7,15H,6H2,1-2H3,(H,16,17). The van der Waals surface area contributed by atoms with Gasteiger partial charge in [-0.1, -0.05) is 6.07 Å². The summed E-state index contributed by atoms with van der Waals surface area (Å²) in [6.07, 6.45) is 2.41. The SMILES string of the molecule is CC(C)(Cc1ccc2[nH]cc(Br)c2c1)C(=O)O. The number of aromatic amines is 1. The number of halogens is 1. The van der Waals surface area contributed by atoms with E-state index in [1.54, 1.807) is 13.8 Å². The van der Waals surface area contributed by atoms with Gasteiger partial charge in [0.15, 0.2) is 0 Å². The van der Waals surface area contributed by atoms with Gasteiger partial charge in [0.1, 0.15) is 0 Å². The fourth-order valence-electron chi connectivity index (χ4n) is 1.83. The van der Waals surface area contributed by atoms with Crippen LogP contribution in [0.4, 0.5) is 0 Å². The second-order valence-electron chi connectivity index (χ2n) is 4.88. The predicted molar refractivity (Wildman–Crippen MR) is 71.1 cm³/mol. The number of hydrogen-bond donors (Lipinski definition) is 2. The summed E-state index contributed by atoms with van der Waals surface area (Å²) in [5.74, 6) is -0.772. The average Bonchev–Trinajstić information content (AvgIpc) is 2.60. The Morgan fingerprint density at radius 1 is 1.47 bits per heavy atom. The van der Waals surface area contributed by atoms with Gasteiger partial charge in [0, 0.05) is 21.6 Å². The van der Waals surface area contributed by atoms with E-state index in [2.05, 4.69) is 20.9 Å². The molecule has 0 radical (unpaired) electrons. The molecule has 0 unspecified atom stereocenters. The first-order valence-electron chi connectivity index (χ1n) is 5.39. The van der Waals surface area contributed by atoms with Crippen molar-refractivity contribution in [3.8, 4) is 0 Å². The molecule has 0 bridgehead atoms. The van der Waals surface area contributed by atoms with Crippen LogP contribution in [-0.2, 0) is 11.2 Å². The largest absolute Gasteiger partial charge is 0.481 e. The maximum Gasteiger partial charge on any atom is 0.309 e. The lowest BCUT2D eigenvalue weighted by Gasteiger charge is -2.18. The summed E-state index contributed by atoms with van der Waals surface area (Å²) in [7, 11) is 0. The molecule has 90 valence electrons. The number of rotatable bonds is 3. The van der Waals surface area contributed by atoms with Gasteiger partial charge in [-0.2, -0.15) is 0 Å². The first-order chi connectivity index (χ1) is 7.90. The molecule has 2 rings (SSSR count). The lowest BCUT2D eigenvalue weighted by molar-refractivity contribution is -0.146. The minimum atomic E-state index is -0.772. The lowest BCUT2D eigenvalue weighted by atomic mass is 9.86. The second-order valence-corrected chi connectivity index (χ2v) is 5.74. The van der Waals surface area contributed by atoms with Crippen LogP contribution in [0.15, 0.2) is 28.9 Å². The summed E-state index contributed by atoms with van der Waals surface area (Å²) < 4.78 is 1.00. The van der Waals surface area contributed by atoms with E-state index >= 15 is 0 Å². The molecule has 0 aliphatic rings. The summed E-state index contributed by atoms with van der Waals surface area (Å²) >= 11 is 3.46. The molecule has 0 aliphatic heterocycles. The molecule has 1 heterocycles. The smallest absolute Gasteiger partial charge is 0.309 e. The van der Waals surface area contributed by atoms with Gasteiger partial charge in [-0.3, -0.25) is 4.79 Å². The zero-order chi connectivity index (χ0) is 12.6. The Balaban J connectivity index is 2.37. The number of carbonyl (C=O) groups is 1. The average molecular weight is 296 g/mol. The van der Waals surface area contributed by atoms with Crippen molar-refractivity contribution in [2.45, 2.75) is 20.3 Å². The van der Waals surface area contributed by atoms with Gasteiger partial charge in [0.2, 0.25) is 0 Å². The number of fused-ring (bicyclic) bond motifs is 1. The van der Waals surface area contributed by atoms with Crippen molar-refractivity contribution < 1.29 is 9.90 Å². The third-order valence-electron chi connectivity index (χ3n) is 2.92. The van der Waals surface area contributed by atoms with Gasteiger partial charge in [-0.25, -0.2) is 0 Å². The highest BCUT2D eigenvalue weighted by atomic mass is 79.9. The minimum absolute atomic E-state index is 0.524. The van der Waals surface area contributed by atoms with Crippen molar-refractivity contribution in [3.05, 3.63) is 34.4 Å². The fourth-order valence-corrected chi connectivity index (χ4v) is 2.27. The van der Waals surface area contributed by atoms with Crippen molar-refractivity contribution in [2.75, 3.05) is 0 Å². The van der Waals surface area contributed by atoms with Crippen LogP contribution in [0.1, 0.15) is 19.4 Å². The summed E-state index contributed by atoms with van der Waals surface area (Å²) in [5, 5.41) is 10.2. The van der Waals surface area contributed by atoms with E-state index in [0.717, 1.165) is 20.9 Å². The topological polar surface area (TPSA) is 53.1 Å². The minimum Gasteiger partial charge on any atom is -0.481 e. The van der Waals surface area contributed by atoms with E-state index in [4.69, 9.17) is 5.11 Å². The molecule has 0 fully saturated rings. The van der Waals surface area contributed by atoms with Crippen molar-refractivity contribution in [3.63, 3.8) is 0 Å². The monoisotopic (exact) mass is 295 g/mol. The molecule has 1 aromatic carbocycles. The number of carboxylic acids is 1. The molecule has 4 heteroatoms. The molecule has 2 aromatic rings. The summed E-state index contributed by atoms with van der Waals surface area (Å²) in [4.78, 5) is 14.2. The normalized spacial score (nSPS) is 11.9. The van der Waals surface area contributed by atoms with Crippen molar-refractivity contribution in [1.29, 1.82) is 0 Å². The fraction of sp³-hybridized carbons (Fsp3) is 0.308. The number of aromatic nitrogens is 1. The molecule has 0 saturated heterocycles. The highest BCUT2D eigenvalue weighted by molar-refractivity contribution is 9.10. The molecule has 0 saturated carbocycles. The van der Waals surface area contributed by atoms with Gasteiger partial charge >= 0.3 is 5.97 Å². The number of aliphatic carboxylic acids is 1. The van der Waals surface area contributed by atoms with Gasteiger partial charge in [0.25, 0.3) is 0 Å². The Morgan fingerprint density at radius 2 is 2.18 bits per heavy atom. The van der Waals surface area contributed by atoms with Gasteiger partial charge < -0.3 is 10.1 Å². The number of H-pyrrole nitrogens is 1. The van der Waals surface area contributed by atoms with Gasteiger partial charge in [-0.05, 0) is 53.9 Å². The highest BCUT2D eigenvalue weighted by Gasteiger charge is 2.27. The van der Waals surface area contributed by atoms with E-state index in [1.807, 2.05) is 24.4 Å². The maximum atomic E-state index is 11.1. The second kappa shape index (κ2) is 4.18. The van der Waals surface area contributed by atoms with Crippen molar-refractivity contribution in [2.24, 2.45) is 5.41 Å². The molecule has 0 atom stereocenters.